The van der Waals surface area contributed by atoms with E-state index in [9.17, 15) is 18.0 Å². The molecule has 0 spiro atoms. The highest BCUT2D eigenvalue weighted by molar-refractivity contribution is 14.0. The van der Waals surface area contributed by atoms with E-state index in [1.165, 1.54) is 19.2 Å². The molecule has 0 bridgehead atoms. The van der Waals surface area contributed by atoms with E-state index >= 15 is 0 Å². The molecular formula is C20H20F3IN4O. The third kappa shape index (κ3) is 8.03. The van der Waals surface area contributed by atoms with Crippen molar-refractivity contribution in [2.45, 2.75) is 12.7 Å². The maximum Gasteiger partial charge on any atom is 0.416 e. The van der Waals surface area contributed by atoms with Crippen LogP contribution in [0.5, 0.6) is 0 Å². The van der Waals surface area contributed by atoms with Gasteiger partial charge in [0, 0.05) is 24.8 Å². The molecule has 3 N–H and O–H groups in total. The molecule has 29 heavy (non-hydrogen) atoms. The van der Waals surface area contributed by atoms with Gasteiger partial charge in [0.1, 0.15) is 0 Å². The molecule has 2 aromatic carbocycles. The lowest BCUT2D eigenvalue weighted by atomic mass is 10.1. The van der Waals surface area contributed by atoms with Crippen molar-refractivity contribution in [2.75, 3.05) is 18.9 Å². The zero-order chi connectivity index (χ0) is 20.6. The lowest BCUT2D eigenvalue weighted by molar-refractivity contribution is -0.137. The van der Waals surface area contributed by atoms with Crippen LogP contribution >= 0.6 is 24.0 Å². The molecule has 0 saturated heterocycles. The van der Waals surface area contributed by atoms with Crippen LogP contribution in [0.15, 0.2) is 53.5 Å². The Morgan fingerprint density at radius 2 is 1.83 bits per heavy atom. The van der Waals surface area contributed by atoms with Gasteiger partial charge in [-0.15, -0.1) is 30.4 Å². The molecule has 0 fully saturated rings. The Labute approximate surface area is 184 Å². The number of nitrogens with one attached hydrogen (secondary N) is 3. The fourth-order valence-electron chi connectivity index (χ4n) is 2.27. The number of benzene rings is 2. The number of carbonyl (C=O) groups excluding carboxylic acids is 1. The molecule has 2 rings (SSSR count). The Kier molecular flexibility index (Phi) is 9.47. The summed E-state index contributed by atoms with van der Waals surface area (Å²) < 4.78 is 37.7. The fraction of sp³-hybridized carbons (Fsp3) is 0.200. The molecule has 0 radical (unpaired) electrons. The van der Waals surface area contributed by atoms with E-state index in [4.69, 9.17) is 6.42 Å². The highest BCUT2D eigenvalue weighted by Gasteiger charge is 2.29. The van der Waals surface area contributed by atoms with E-state index in [1.807, 2.05) is 0 Å². The van der Waals surface area contributed by atoms with E-state index in [0.717, 1.165) is 12.1 Å². The number of amides is 1. The Balaban J connectivity index is 0.00000420. The third-order valence-electron chi connectivity index (χ3n) is 3.69. The van der Waals surface area contributed by atoms with Crippen molar-refractivity contribution in [3.8, 4) is 12.3 Å². The number of halogens is 4. The maximum absolute atomic E-state index is 12.6. The molecule has 0 atom stereocenters. The Hall–Kier alpha value is -2.74. The molecule has 154 valence electrons. The van der Waals surface area contributed by atoms with E-state index in [-0.39, 0.29) is 43.0 Å². The number of alkyl halides is 3. The second-order valence-corrected chi connectivity index (χ2v) is 5.75. The molecule has 2 aromatic rings. The second kappa shape index (κ2) is 11.3. The number of aliphatic imine (C=N–C) groups is 1. The second-order valence-electron chi connectivity index (χ2n) is 5.75. The molecule has 5 nitrogen and oxygen atoms in total. The van der Waals surface area contributed by atoms with Crippen LogP contribution in [0.4, 0.5) is 18.9 Å². The first-order valence-corrected chi connectivity index (χ1v) is 8.29. The van der Waals surface area contributed by atoms with Gasteiger partial charge in [0.05, 0.1) is 12.1 Å². The number of hydrogen-bond donors (Lipinski definition) is 3. The van der Waals surface area contributed by atoms with Crippen molar-refractivity contribution in [1.82, 2.24) is 10.6 Å². The standard InChI is InChI=1S/C20H19F3N4O.HI/c1-3-14-5-4-6-17(11-14)27-18(28)13-26-19(24-2)25-12-15-7-9-16(10-8-15)20(21,22)23;/h1,4-11H,12-13H2,2H3,(H,27,28)(H2,24,25,26);1H. The van der Waals surface area contributed by atoms with E-state index in [2.05, 4.69) is 26.9 Å². The van der Waals surface area contributed by atoms with Gasteiger partial charge in [0.2, 0.25) is 5.91 Å². The summed E-state index contributed by atoms with van der Waals surface area (Å²) >= 11 is 0. The van der Waals surface area contributed by atoms with Crippen LogP contribution in [-0.2, 0) is 17.5 Å². The summed E-state index contributed by atoms with van der Waals surface area (Å²) in [6.45, 7) is 0.205. The summed E-state index contributed by atoms with van der Waals surface area (Å²) in [7, 11) is 1.52. The van der Waals surface area contributed by atoms with Crippen LogP contribution in [0.25, 0.3) is 0 Å². The number of carbonyl (C=O) groups is 1. The summed E-state index contributed by atoms with van der Waals surface area (Å²) in [6, 6.07) is 11.7. The highest BCUT2D eigenvalue weighted by Crippen LogP contribution is 2.29. The highest BCUT2D eigenvalue weighted by atomic mass is 127. The van der Waals surface area contributed by atoms with Gasteiger partial charge in [0.15, 0.2) is 5.96 Å². The first kappa shape index (κ1) is 24.3. The minimum atomic E-state index is -4.36. The topological polar surface area (TPSA) is 65.5 Å². The molecule has 0 heterocycles. The zero-order valence-corrected chi connectivity index (χ0v) is 17.8. The van der Waals surface area contributed by atoms with E-state index < -0.39 is 11.7 Å². The third-order valence-corrected chi connectivity index (χ3v) is 3.69. The van der Waals surface area contributed by atoms with Gasteiger partial charge in [-0.05, 0) is 35.9 Å². The fourth-order valence-corrected chi connectivity index (χ4v) is 2.27. The molecule has 0 aliphatic rings. The van der Waals surface area contributed by atoms with Crippen molar-refractivity contribution in [1.29, 1.82) is 0 Å². The SMILES string of the molecule is C#Cc1cccc(NC(=O)CNC(=NC)NCc2ccc(C(F)(F)F)cc2)c1.I. The molecule has 0 aromatic heterocycles. The van der Waals surface area contributed by atoms with Crippen molar-refractivity contribution in [2.24, 2.45) is 4.99 Å². The summed E-state index contributed by atoms with van der Waals surface area (Å²) in [5, 5.41) is 8.47. The smallest absolute Gasteiger partial charge is 0.352 e. The Bertz CT molecular complexity index is 890. The summed E-state index contributed by atoms with van der Waals surface area (Å²) in [6.07, 6.45) is 0.958. The lowest BCUT2D eigenvalue weighted by Gasteiger charge is -2.13. The van der Waals surface area contributed by atoms with Crippen LogP contribution in [-0.4, -0.2) is 25.5 Å². The molecule has 0 unspecified atom stereocenters. The average molecular weight is 516 g/mol. The molecule has 0 aliphatic carbocycles. The van der Waals surface area contributed by atoms with Gasteiger partial charge >= 0.3 is 6.18 Å². The van der Waals surface area contributed by atoms with Gasteiger partial charge in [-0.3, -0.25) is 9.79 Å². The van der Waals surface area contributed by atoms with Gasteiger partial charge in [0.25, 0.3) is 0 Å². The zero-order valence-electron chi connectivity index (χ0n) is 15.5. The molecule has 1 amide bonds. The summed E-state index contributed by atoms with van der Waals surface area (Å²) in [5.74, 6) is 2.53. The van der Waals surface area contributed by atoms with Crippen molar-refractivity contribution in [3.05, 3.63) is 65.2 Å². The van der Waals surface area contributed by atoms with Crippen molar-refractivity contribution < 1.29 is 18.0 Å². The van der Waals surface area contributed by atoms with Crippen LogP contribution in [0.1, 0.15) is 16.7 Å². The predicted molar refractivity (Wildman–Crippen MR) is 118 cm³/mol. The minimum absolute atomic E-state index is 0. The van der Waals surface area contributed by atoms with Crippen LogP contribution in [0.2, 0.25) is 0 Å². The maximum atomic E-state index is 12.6. The van der Waals surface area contributed by atoms with Gasteiger partial charge in [-0.25, -0.2) is 0 Å². The van der Waals surface area contributed by atoms with Gasteiger partial charge in [-0.1, -0.05) is 24.1 Å². The molecular weight excluding hydrogens is 496 g/mol. The quantitative estimate of drug-likeness (QED) is 0.246. The van der Waals surface area contributed by atoms with Gasteiger partial charge < -0.3 is 16.0 Å². The van der Waals surface area contributed by atoms with Crippen molar-refractivity contribution in [3.63, 3.8) is 0 Å². The van der Waals surface area contributed by atoms with Crippen LogP contribution in [0.3, 0.4) is 0 Å². The Morgan fingerprint density at radius 3 is 2.41 bits per heavy atom. The Morgan fingerprint density at radius 1 is 1.14 bits per heavy atom. The van der Waals surface area contributed by atoms with Crippen LogP contribution in [0, 0.1) is 12.3 Å². The number of nitrogens with zero attached hydrogens (tertiary/aromatic N) is 1. The molecule has 0 aliphatic heterocycles. The number of anilines is 1. The number of rotatable bonds is 5. The van der Waals surface area contributed by atoms with Crippen LogP contribution < -0.4 is 16.0 Å². The van der Waals surface area contributed by atoms with E-state index in [0.29, 0.717) is 22.8 Å². The van der Waals surface area contributed by atoms with E-state index in [1.54, 1.807) is 24.3 Å². The monoisotopic (exact) mass is 516 g/mol. The largest absolute Gasteiger partial charge is 0.416 e. The first-order chi connectivity index (χ1) is 13.3. The first-order valence-electron chi connectivity index (χ1n) is 8.29. The summed E-state index contributed by atoms with van der Waals surface area (Å²) in [5.41, 5.74) is 1.17. The number of guanidine groups is 1. The van der Waals surface area contributed by atoms with Gasteiger partial charge in [-0.2, -0.15) is 13.2 Å². The lowest BCUT2D eigenvalue weighted by Crippen LogP contribution is -2.41. The van der Waals surface area contributed by atoms with Crippen molar-refractivity contribution >= 4 is 41.5 Å². The predicted octanol–water partition coefficient (Wildman–Crippen LogP) is 3.61. The summed E-state index contributed by atoms with van der Waals surface area (Å²) in [4.78, 5) is 16.0. The minimum Gasteiger partial charge on any atom is -0.352 e. The number of hydrogen-bond acceptors (Lipinski definition) is 2. The average Bonchev–Trinajstić information content (AvgIpc) is 2.68. The normalized spacial score (nSPS) is 11.1. The number of terminal acetylenes is 1. The molecule has 0 saturated carbocycles. The molecule has 9 heteroatoms.